The fourth-order valence-corrected chi connectivity index (χ4v) is 0. The zero-order valence-electron chi connectivity index (χ0n) is 5.72. The van der Waals surface area contributed by atoms with Gasteiger partial charge >= 0.3 is 0 Å². The molecule has 0 bridgehead atoms. The summed E-state index contributed by atoms with van der Waals surface area (Å²) >= 11 is 0. The zero-order chi connectivity index (χ0) is 10.1. The summed E-state index contributed by atoms with van der Waals surface area (Å²) in [5.41, 5.74) is 0. The second-order valence-electron chi connectivity index (χ2n) is 0.306. The molecule has 0 aromatic heterocycles. The van der Waals surface area contributed by atoms with Crippen LogP contribution in [0.3, 0.4) is 0 Å². The average molecular weight is 172 g/mol. The van der Waals surface area contributed by atoms with Gasteiger partial charge in [-0.2, -0.15) is 0 Å². The predicted octanol–water partition coefficient (Wildman–Crippen LogP) is -0.0941. The van der Waals surface area contributed by atoms with E-state index in [-0.39, 0.29) is 0 Å². The number of hydrogen-bond donors (Lipinski definition) is 3. The number of isocyanates is 3. The van der Waals surface area contributed by atoms with Crippen LogP contribution in [0.1, 0.15) is 0 Å². The molecule has 59 valence electrons. The first kappa shape index (κ1) is 22.8. The van der Waals surface area contributed by atoms with Crippen LogP contribution in [-0.4, -0.2) is 28.5 Å². The summed E-state index contributed by atoms with van der Waals surface area (Å²) in [6.07, 6.45) is 2.25. The molecule has 0 aromatic rings. The van der Waals surface area contributed by atoms with Gasteiger partial charge in [-0.05, 0) is 0 Å². The number of rotatable bonds is 0. The van der Waals surface area contributed by atoms with Gasteiger partial charge in [0.2, 0.25) is 18.2 Å². The minimum Gasteiger partial charge on any atom is -0.222 e. The molecule has 0 aliphatic heterocycles. The molecular formula is C4H6N3O3Si. The van der Waals surface area contributed by atoms with E-state index in [0.29, 0.717) is 0 Å². The van der Waals surface area contributed by atoms with Crippen molar-refractivity contribution in [3.05, 3.63) is 0 Å². The van der Waals surface area contributed by atoms with E-state index >= 15 is 0 Å². The van der Waals surface area contributed by atoms with Crippen LogP contribution in [0, 0.1) is 16.2 Å². The molecule has 0 saturated heterocycles. The van der Waals surface area contributed by atoms with Gasteiger partial charge < -0.3 is 0 Å². The molecule has 0 heterocycles. The lowest BCUT2D eigenvalue weighted by molar-refractivity contribution is 0.562. The SMILES string of the molecule is C[Si].N=C=O.N=C=O.N=C=O. The van der Waals surface area contributed by atoms with Crippen LogP contribution in [0.4, 0.5) is 0 Å². The Hall–Kier alpha value is -1.64. The van der Waals surface area contributed by atoms with Gasteiger partial charge in [-0.3, -0.25) is 0 Å². The normalized spacial score (nSPS) is 2.73. The number of carbonyl (C=O) groups excluding carboxylic acids is 3. The van der Waals surface area contributed by atoms with Crippen molar-refractivity contribution < 1.29 is 14.4 Å². The largest absolute Gasteiger partial charge is 0.231 e. The molecule has 0 unspecified atom stereocenters. The Morgan fingerprint density at radius 1 is 0.818 bits per heavy atom. The molecule has 7 heteroatoms. The second-order valence-corrected chi connectivity index (χ2v) is 0.306. The maximum atomic E-state index is 8.35. The quantitative estimate of drug-likeness (QED) is 0.268. The molecular weight excluding hydrogens is 166 g/mol. The van der Waals surface area contributed by atoms with E-state index in [1.165, 1.54) is 0 Å². The van der Waals surface area contributed by atoms with Crippen molar-refractivity contribution in [2.45, 2.75) is 6.55 Å². The van der Waals surface area contributed by atoms with Crippen molar-refractivity contribution >= 4 is 28.5 Å². The van der Waals surface area contributed by atoms with Crippen molar-refractivity contribution in [1.82, 2.24) is 0 Å². The predicted molar refractivity (Wildman–Crippen MR) is 36.9 cm³/mol. The first-order valence-electron chi connectivity index (χ1n) is 1.86. The Kier molecular flexibility index (Phi) is 509. The molecule has 0 saturated carbocycles. The smallest absolute Gasteiger partial charge is 0.222 e. The van der Waals surface area contributed by atoms with E-state index in [4.69, 9.17) is 30.6 Å². The Morgan fingerprint density at radius 2 is 0.818 bits per heavy atom. The highest BCUT2D eigenvalue weighted by Gasteiger charge is 1.04. The molecule has 3 radical (unpaired) electrons. The summed E-state index contributed by atoms with van der Waals surface area (Å²) in [6, 6.07) is 0. The van der Waals surface area contributed by atoms with E-state index in [1.54, 1.807) is 6.55 Å². The molecule has 3 N–H and O–H groups in total. The monoisotopic (exact) mass is 172 g/mol. The molecule has 0 fully saturated rings. The maximum absolute atomic E-state index is 8.35. The minimum absolute atomic E-state index is 0.750. The van der Waals surface area contributed by atoms with Crippen LogP contribution in [0.25, 0.3) is 0 Å². The van der Waals surface area contributed by atoms with Gasteiger partial charge in [-0.1, -0.05) is 6.55 Å². The molecule has 0 spiro atoms. The Labute approximate surface area is 66.6 Å². The van der Waals surface area contributed by atoms with E-state index in [0.717, 1.165) is 18.2 Å². The van der Waals surface area contributed by atoms with Crippen LogP contribution < -0.4 is 0 Å². The number of hydrogen-bond acceptors (Lipinski definition) is 6. The lowest BCUT2D eigenvalue weighted by atomic mass is 11.7. The lowest BCUT2D eigenvalue weighted by Gasteiger charge is -1.03. The first-order chi connectivity index (χ1) is 5.24. The van der Waals surface area contributed by atoms with E-state index in [2.05, 4.69) is 10.2 Å². The average Bonchev–Trinajstić information content (AvgIpc) is 1.96. The Bertz CT molecular complexity index is 112. The van der Waals surface area contributed by atoms with E-state index in [9.17, 15) is 0 Å². The van der Waals surface area contributed by atoms with E-state index < -0.39 is 0 Å². The van der Waals surface area contributed by atoms with Crippen molar-refractivity contribution in [3.63, 3.8) is 0 Å². The zero-order valence-corrected chi connectivity index (χ0v) is 6.72. The molecule has 0 atom stereocenters. The van der Waals surface area contributed by atoms with Gasteiger partial charge in [0.05, 0.1) is 0 Å². The molecule has 6 nitrogen and oxygen atoms in total. The summed E-state index contributed by atoms with van der Waals surface area (Å²) < 4.78 is 0. The van der Waals surface area contributed by atoms with Crippen LogP contribution in [0.2, 0.25) is 6.55 Å². The highest BCUT2D eigenvalue weighted by molar-refractivity contribution is 6.05. The Morgan fingerprint density at radius 3 is 0.818 bits per heavy atom. The standard InChI is InChI=1S/3CHNO.CH3Si/c3*2-1-3;1-2/h3*2H;1H3. The van der Waals surface area contributed by atoms with Crippen LogP contribution in [0.15, 0.2) is 0 Å². The van der Waals surface area contributed by atoms with Gasteiger partial charge in [0.15, 0.2) is 0 Å². The summed E-state index contributed by atoms with van der Waals surface area (Å²) in [5, 5.41) is 16.2. The molecule has 0 aliphatic rings. The third-order valence-electron chi connectivity index (χ3n) is 0. The molecule has 0 rings (SSSR count). The van der Waals surface area contributed by atoms with Gasteiger partial charge in [0.25, 0.3) is 0 Å². The fourth-order valence-electron chi connectivity index (χ4n) is 0. The van der Waals surface area contributed by atoms with Crippen molar-refractivity contribution in [2.75, 3.05) is 0 Å². The lowest BCUT2D eigenvalue weighted by Crippen LogP contribution is -1.16. The van der Waals surface area contributed by atoms with Gasteiger partial charge in [0, 0.05) is 10.2 Å². The number of nitrogens with one attached hydrogen (secondary N) is 3. The van der Waals surface area contributed by atoms with Gasteiger partial charge in [-0.15, -0.1) is 0 Å². The maximum Gasteiger partial charge on any atom is 0.231 e. The summed E-state index contributed by atoms with van der Waals surface area (Å²) in [7, 11) is 2.97. The topological polar surface area (TPSA) is 123 Å². The summed E-state index contributed by atoms with van der Waals surface area (Å²) in [5.74, 6) is 0. The van der Waals surface area contributed by atoms with Crippen molar-refractivity contribution in [1.29, 1.82) is 16.2 Å². The third-order valence-corrected chi connectivity index (χ3v) is 0. The highest BCUT2D eigenvalue weighted by Crippen LogP contribution is 0.961. The minimum atomic E-state index is 0.750. The van der Waals surface area contributed by atoms with Crippen LogP contribution in [0.5, 0.6) is 0 Å². The van der Waals surface area contributed by atoms with Gasteiger partial charge in [0.1, 0.15) is 0 Å². The third kappa shape index (κ3) is 125. The molecule has 11 heavy (non-hydrogen) atoms. The van der Waals surface area contributed by atoms with Gasteiger partial charge in [-0.25, -0.2) is 30.6 Å². The molecule has 0 aliphatic carbocycles. The van der Waals surface area contributed by atoms with Crippen LogP contribution in [-0.2, 0) is 14.4 Å². The van der Waals surface area contributed by atoms with Crippen molar-refractivity contribution in [3.8, 4) is 0 Å². The van der Waals surface area contributed by atoms with Crippen molar-refractivity contribution in [2.24, 2.45) is 0 Å². The fraction of sp³-hybridized carbons (Fsp3) is 0.250. The van der Waals surface area contributed by atoms with Crippen LogP contribution >= 0.6 is 0 Å². The first-order valence-corrected chi connectivity index (χ1v) is 2.86. The molecule has 0 amide bonds. The summed E-state index contributed by atoms with van der Waals surface area (Å²) in [6.45, 7) is 1.81. The molecule has 0 aromatic carbocycles. The summed E-state index contributed by atoms with van der Waals surface area (Å²) in [4.78, 5) is 25.0. The Balaban J connectivity index is -0.0000000301. The highest BCUT2D eigenvalue weighted by atomic mass is 28.1. The van der Waals surface area contributed by atoms with E-state index in [1.807, 2.05) is 0 Å². The second kappa shape index (κ2) is 246.